The van der Waals surface area contributed by atoms with Crippen LogP contribution in [0.3, 0.4) is 0 Å². The van der Waals surface area contributed by atoms with E-state index in [1.807, 2.05) is 6.26 Å². The standard InChI is InChI=1S/C19H28N4O6S3/c1-23(32(3,28)29)19-21-13(11-31-19)18(27)22-15(16(25)12-6-8-20-9-7-12)17(26)14(24)5-4-10-30-2/h6-9,11,14-17,24-26H,4-5,10H2,1-3H3,(H,22,27). The van der Waals surface area contributed by atoms with Gasteiger partial charge in [-0.25, -0.2) is 17.7 Å². The quantitative estimate of drug-likeness (QED) is 0.305. The Morgan fingerprint density at radius 1 is 1.28 bits per heavy atom. The molecule has 13 heteroatoms. The molecule has 0 radical (unpaired) electrons. The molecule has 0 spiro atoms. The van der Waals surface area contributed by atoms with Crippen LogP contribution in [0, 0.1) is 0 Å². The normalized spacial score (nSPS) is 15.6. The van der Waals surface area contributed by atoms with E-state index in [2.05, 4.69) is 15.3 Å². The molecule has 2 heterocycles. The van der Waals surface area contributed by atoms with Crippen LogP contribution in [0.15, 0.2) is 29.9 Å². The molecule has 4 unspecified atom stereocenters. The Balaban J connectivity index is 2.24. The van der Waals surface area contributed by atoms with Crippen LogP contribution in [0.4, 0.5) is 5.13 Å². The van der Waals surface area contributed by atoms with Crippen molar-refractivity contribution in [2.75, 3.05) is 29.6 Å². The lowest BCUT2D eigenvalue weighted by Gasteiger charge is -2.31. The minimum absolute atomic E-state index is 0.0727. The lowest BCUT2D eigenvalue weighted by Crippen LogP contribution is -2.52. The summed E-state index contributed by atoms with van der Waals surface area (Å²) in [4.78, 5) is 20.7. The van der Waals surface area contributed by atoms with Crippen LogP contribution in [-0.4, -0.2) is 83.2 Å². The van der Waals surface area contributed by atoms with Gasteiger partial charge in [0.05, 0.1) is 18.4 Å². The van der Waals surface area contributed by atoms with E-state index >= 15 is 0 Å². The van der Waals surface area contributed by atoms with Crippen LogP contribution >= 0.6 is 23.1 Å². The van der Waals surface area contributed by atoms with E-state index in [0.29, 0.717) is 12.0 Å². The molecule has 2 rings (SSSR count). The molecule has 0 fully saturated rings. The third-order valence-corrected chi connectivity index (χ3v) is 7.69. The lowest BCUT2D eigenvalue weighted by molar-refractivity contribution is -0.0401. The monoisotopic (exact) mass is 504 g/mol. The second-order valence-electron chi connectivity index (χ2n) is 7.16. The molecule has 0 aromatic carbocycles. The number of aromatic nitrogens is 2. The molecule has 0 aliphatic rings. The van der Waals surface area contributed by atoms with E-state index in [4.69, 9.17) is 0 Å². The first-order valence-corrected chi connectivity index (χ1v) is 13.8. The summed E-state index contributed by atoms with van der Waals surface area (Å²) in [7, 11) is -2.23. The predicted molar refractivity (Wildman–Crippen MR) is 125 cm³/mol. The predicted octanol–water partition coefficient (Wildman–Crippen LogP) is 0.631. The number of rotatable bonds is 12. The highest BCUT2D eigenvalue weighted by Crippen LogP contribution is 2.24. The third-order valence-electron chi connectivity index (χ3n) is 4.79. The fourth-order valence-corrected chi connectivity index (χ4v) is 4.84. The number of amides is 1. The number of aliphatic hydroxyl groups excluding tert-OH is 3. The Morgan fingerprint density at radius 2 is 1.94 bits per heavy atom. The zero-order valence-electron chi connectivity index (χ0n) is 18.0. The molecule has 32 heavy (non-hydrogen) atoms. The zero-order valence-corrected chi connectivity index (χ0v) is 20.4. The second kappa shape index (κ2) is 11.9. The number of carbonyl (C=O) groups excluding carboxylic acids is 1. The highest BCUT2D eigenvalue weighted by atomic mass is 32.2. The Labute approximate surface area is 195 Å². The minimum Gasteiger partial charge on any atom is -0.390 e. The first-order chi connectivity index (χ1) is 15.1. The van der Waals surface area contributed by atoms with E-state index in [1.54, 1.807) is 23.9 Å². The molecule has 0 aliphatic heterocycles. The van der Waals surface area contributed by atoms with Gasteiger partial charge in [-0.05, 0) is 42.5 Å². The van der Waals surface area contributed by atoms with Crippen molar-refractivity contribution in [3.05, 3.63) is 41.2 Å². The summed E-state index contributed by atoms with van der Waals surface area (Å²) in [6, 6.07) is 1.84. The number of aliphatic hydroxyl groups is 3. The number of nitrogens with one attached hydrogen (secondary N) is 1. The van der Waals surface area contributed by atoms with Gasteiger partial charge in [-0.2, -0.15) is 11.8 Å². The Kier molecular flexibility index (Phi) is 9.85. The van der Waals surface area contributed by atoms with Gasteiger partial charge in [-0.15, -0.1) is 11.3 Å². The van der Waals surface area contributed by atoms with Crippen molar-refractivity contribution in [2.45, 2.75) is 37.2 Å². The number of pyridine rings is 1. The fraction of sp³-hybridized carbons (Fsp3) is 0.526. The van der Waals surface area contributed by atoms with Crippen LogP contribution in [0.2, 0.25) is 0 Å². The third kappa shape index (κ3) is 7.12. The molecular weight excluding hydrogens is 476 g/mol. The lowest BCUT2D eigenvalue weighted by atomic mass is 9.93. The van der Waals surface area contributed by atoms with Crippen LogP contribution in [0.25, 0.3) is 0 Å². The van der Waals surface area contributed by atoms with Gasteiger partial charge < -0.3 is 20.6 Å². The maximum atomic E-state index is 12.8. The van der Waals surface area contributed by atoms with Crippen molar-refractivity contribution in [3.63, 3.8) is 0 Å². The van der Waals surface area contributed by atoms with Crippen LogP contribution in [0.5, 0.6) is 0 Å². The van der Waals surface area contributed by atoms with Crippen molar-refractivity contribution in [3.8, 4) is 0 Å². The average molecular weight is 505 g/mol. The number of thiazole rings is 1. The Bertz CT molecular complexity index is 972. The van der Waals surface area contributed by atoms with Gasteiger partial charge in [0.15, 0.2) is 5.13 Å². The molecule has 178 valence electrons. The molecular formula is C19H28N4O6S3. The van der Waals surface area contributed by atoms with Crippen molar-refractivity contribution in [1.29, 1.82) is 0 Å². The van der Waals surface area contributed by atoms with Crippen LogP contribution < -0.4 is 9.62 Å². The van der Waals surface area contributed by atoms with Gasteiger partial charge in [-0.1, -0.05) is 0 Å². The van der Waals surface area contributed by atoms with Gasteiger partial charge in [0.2, 0.25) is 10.0 Å². The van der Waals surface area contributed by atoms with E-state index in [9.17, 15) is 28.5 Å². The minimum atomic E-state index is -3.55. The van der Waals surface area contributed by atoms with Gasteiger partial charge in [-0.3, -0.25) is 9.78 Å². The summed E-state index contributed by atoms with van der Waals surface area (Å²) < 4.78 is 24.3. The second-order valence-corrected chi connectivity index (χ2v) is 11.0. The molecule has 0 saturated carbocycles. The van der Waals surface area contributed by atoms with E-state index < -0.39 is 40.3 Å². The summed E-state index contributed by atoms with van der Waals surface area (Å²) in [5.41, 5.74) is 0.327. The average Bonchev–Trinajstić information content (AvgIpc) is 3.26. The SMILES string of the molecule is CSCCCC(O)C(O)C(NC(=O)c1csc(N(C)S(C)(=O)=O)n1)C(O)c1ccncc1. The number of carbonyl (C=O) groups is 1. The fourth-order valence-electron chi connectivity index (χ4n) is 2.85. The van der Waals surface area contributed by atoms with E-state index in [0.717, 1.165) is 27.7 Å². The van der Waals surface area contributed by atoms with Crippen molar-refractivity contribution in [2.24, 2.45) is 0 Å². The highest BCUT2D eigenvalue weighted by molar-refractivity contribution is 7.98. The summed E-state index contributed by atoms with van der Waals surface area (Å²) >= 11 is 2.57. The van der Waals surface area contributed by atoms with Crippen molar-refractivity contribution >= 4 is 44.2 Å². The molecule has 0 bridgehead atoms. The summed E-state index contributed by atoms with van der Waals surface area (Å²) in [5, 5.41) is 36.1. The number of thioether (sulfide) groups is 1. The first-order valence-electron chi connectivity index (χ1n) is 9.69. The van der Waals surface area contributed by atoms with E-state index in [-0.39, 0.29) is 17.2 Å². The molecule has 0 aliphatic carbocycles. The number of hydrogen-bond acceptors (Lipinski definition) is 10. The number of sulfonamides is 1. The highest BCUT2D eigenvalue weighted by Gasteiger charge is 2.34. The maximum absolute atomic E-state index is 12.8. The molecule has 2 aromatic rings. The number of hydrogen-bond donors (Lipinski definition) is 4. The zero-order chi connectivity index (χ0) is 23.9. The molecule has 4 N–H and O–H groups in total. The summed E-state index contributed by atoms with van der Waals surface area (Å²) in [6.07, 6.45) is 2.86. The van der Waals surface area contributed by atoms with E-state index in [1.165, 1.54) is 24.8 Å². The molecule has 1 amide bonds. The number of nitrogens with zero attached hydrogens (tertiary/aromatic N) is 3. The Hall–Kier alpha value is -1.77. The maximum Gasteiger partial charge on any atom is 0.271 e. The molecule has 10 nitrogen and oxygen atoms in total. The van der Waals surface area contributed by atoms with Gasteiger partial charge in [0.1, 0.15) is 17.9 Å². The van der Waals surface area contributed by atoms with Crippen molar-refractivity contribution in [1.82, 2.24) is 15.3 Å². The van der Waals surface area contributed by atoms with Gasteiger partial charge >= 0.3 is 0 Å². The van der Waals surface area contributed by atoms with Crippen LogP contribution in [0.1, 0.15) is 35.0 Å². The number of anilines is 1. The topological polar surface area (TPSA) is 153 Å². The van der Waals surface area contributed by atoms with Crippen molar-refractivity contribution < 1.29 is 28.5 Å². The molecule has 4 atom stereocenters. The Morgan fingerprint density at radius 3 is 2.53 bits per heavy atom. The largest absolute Gasteiger partial charge is 0.390 e. The summed E-state index contributed by atoms with van der Waals surface area (Å²) in [6.45, 7) is 0. The summed E-state index contributed by atoms with van der Waals surface area (Å²) in [5.74, 6) is 0.0752. The smallest absolute Gasteiger partial charge is 0.271 e. The van der Waals surface area contributed by atoms with Gasteiger partial charge in [0.25, 0.3) is 5.91 Å². The molecule has 0 saturated heterocycles. The van der Waals surface area contributed by atoms with Crippen LogP contribution in [-0.2, 0) is 10.0 Å². The molecule has 2 aromatic heterocycles. The van der Waals surface area contributed by atoms with Gasteiger partial charge in [0, 0.05) is 24.8 Å². The first kappa shape index (κ1) is 26.5.